The Balaban J connectivity index is 1.75. The van der Waals surface area contributed by atoms with Crippen molar-refractivity contribution in [3.05, 3.63) is 35.7 Å². The Hall–Kier alpha value is -1.72. The minimum absolute atomic E-state index is 0.245. The van der Waals surface area contributed by atoms with E-state index in [0.29, 0.717) is 5.89 Å². The molecule has 0 spiro atoms. The number of hydrogen-bond donors (Lipinski definition) is 1. The smallest absolute Gasteiger partial charge is 0.258 e. The monoisotopic (exact) mass is 287 g/mol. The van der Waals surface area contributed by atoms with Crippen LogP contribution in [0.3, 0.4) is 0 Å². The van der Waals surface area contributed by atoms with Gasteiger partial charge in [0.2, 0.25) is 0 Å². The quantitative estimate of drug-likeness (QED) is 0.882. The molecule has 0 radical (unpaired) electrons. The normalized spacial score (nSPS) is 18.2. The van der Waals surface area contributed by atoms with E-state index in [0.717, 1.165) is 50.2 Å². The maximum atomic E-state index is 5.62. The van der Waals surface area contributed by atoms with Crippen LogP contribution >= 0.6 is 0 Å². The van der Waals surface area contributed by atoms with E-state index < -0.39 is 0 Å². The summed E-state index contributed by atoms with van der Waals surface area (Å²) in [5.74, 6) is 1.34. The lowest BCUT2D eigenvalue weighted by Crippen LogP contribution is -2.11. The van der Waals surface area contributed by atoms with Gasteiger partial charge in [-0.15, -0.1) is 0 Å². The average Bonchev–Trinajstić information content (AvgIpc) is 3.18. The van der Waals surface area contributed by atoms with Crippen molar-refractivity contribution in [2.45, 2.75) is 31.8 Å². The van der Waals surface area contributed by atoms with E-state index in [1.807, 2.05) is 25.2 Å². The summed E-state index contributed by atoms with van der Waals surface area (Å²) >= 11 is 0. The number of rotatable bonds is 6. The van der Waals surface area contributed by atoms with Gasteiger partial charge in [-0.2, -0.15) is 4.98 Å². The summed E-state index contributed by atoms with van der Waals surface area (Å²) < 4.78 is 11.1. The summed E-state index contributed by atoms with van der Waals surface area (Å²) in [5.41, 5.74) is 2.25. The summed E-state index contributed by atoms with van der Waals surface area (Å²) in [6.45, 7) is 1.77. The fraction of sp³-hybridized carbons (Fsp3) is 0.500. The van der Waals surface area contributed by atoms with Gasteiger partial charge in [-0.05, 0) is 44.5 Å². The Morgan fingerprint density at radius 3 is 3.05 bits per heavy atom. The molecule has 1 aromatic heterocycles. The first kappa shape index (κ1) is 14.2. The van der Waals surface area contributed by atoms with Crippen molar-refractivity contribution in [1.82, 2.24) is 15.5 Å². The van der Waals surface area contributed by atoms with Crippen LogP contribution in [-0.2, 0) is 17.6 Å². The van der Waals surface area contributed by atoms with E-state index in [2.05, 4.69) is 21.5 Å². The van der Waals surface area contributed by atoms with Crippen LogP contribution in [0, 0.1) is 0 Å². The van der Waals surface area contributed by atoms with Crippen molar-refractivity contribution in [2.24, 2.45) is 0 Å². The van der Waals surface area contributed by atoms with E-state index in [9.17, 15) is 0 Å². The van der Waals surface area contributed by atoms with Crippen LogP contribution in [0.4, 0.5) is 0 Å². The zero-order chi connectivity index (χ0) is 14.5. The maximum Gasteiger partial charge on any atom is 0.258 e. The Labute approximate surface area is 124 Å². The molecule has 5 nitrogen and oxygen atoms in total. The average molecular weight is 287 g/mol. The van der Waals surface area contributed by atoms with Gasteiger partial charge >= 0.3 is 0 Å². The number of hydrogen-bond acceptors (Lipinski definition) is 5. The highest BCUT2D eigenvalue weighted by Gasteiger charge is 2.20. The number of benzene rings is 1. The standard InChI is InChI=1S/C16H21N3O2/c1-17-9-8-12-5-2-3-7-14(12)16-18-15(19-21-16)11-13-6-4-10-20-13/h2-3,5,7,13,17H,4,6,8-11H2,1H3. The van der Waals surface area contributed by atoms with Gasteiger partial charge < -0.3 is 14.6 Å². The third-order valence-electron chi connectivity index (χ3n) is 3.79. The molecule has 2 heterocycles. The molecule has 1 unspecified atom stereocenters. The third-order valence-corrected chi connectivity index (χ3v) is 3.79. The van der Waals surface area contributed by atoms with Gasteiger partial charge in [0.15, 0.2) is 5.82 Å². The van der Waals surface area contributed by atoms with Gasteiger partial charge in [0.05, 0.1) is 6.10 Å². The van der Waals surface area contributed by atoms with Crippen LogP contribution in [-0.4, -0.2) is 36.4 Å². The fourth-order valence-corrected chi connectivity index (χ4v) is 2.66. The molecule has 0 saturated carbocycles. The van der Waals surface area contributed by atoms with Gasteiger partial charge in [0, 0.05) is 18.6 Å². The second kappa shape index (κ2) is 6.83. The van der Waals surface area contributed by atoms with Crippen molar-refractivity contribution in [3.8, 4) is 11.5 Å². The minimum atomic E-state index is 0.245. The molecule has 1 N–H and O–H groups in total. The van der Waals surface area contributed by atoms with Gasteiger partial charge in [0.1, 0.15) is 0 Å². The van der Waals surface area contributed by atoms with E-state index in [1.54, 1.807) is 0 Å². The molecule has 112 valence electrons. The second-order valence-electron chi connectivity index (χ2n) is 5.37. The Kier molecular flexibility index (Phi) is 4.62. The Morgan fingerprint density at radius 1 is 1.33 bits per heavy atom. The first-order valence-corrected chi connectivity index (χ1v) is 7.54. The molecule has 5 heteroatoms. The molecule has 1 aromatic carbocycles. The SMILES string of the molecule is CNCCc1ccccc1-c1nc(CC2CCCO2)no1. The summed E-state index contributed by atoms with van der Waals surface area (Å²) in [6.07, 6.45) is 4.14. The van der Waals surface area contributed by atoms with Crippen LogP contribution in [0.25, 0.3) is 11.5 Å². The van der Waals surface area contributed by atoms with Crippen molar-refractivity contribution in [1.29, 1.82) is 0 Å². The number of aromatic nitrogens is 2. The van der Waals surface area contributed by atoms with Crippen molar-refractivity contribution < 1.29 is 9.26 Å². The summed E-state index contributed by atoms with van der Waals surface area (Å²) in [5, 5.41) is 7.26. The van der Waals surface area contributed by atoms with Gasteiger partial charge in [0.25, 0.3) is 5.89 Å². The molecule has 1 aliphatic rings. The number of nitrogens with one attached hydrogen (secondary N) is 1. The molecule has 0 aliphatic carbocycles. The Morgan fingerprint density at radius 2 is 2.24 bits per heavy atom. The van der Waals surface area contributed by atoms with Crippen LogP contribution in [0.15, 0.2) is 28.8 Å². The molecule has 1 fully saturated rings. The van der Waals surface area contributed by atoms with Gasteiger partial charge in [-0.25, -0.2) is 0 Å². The largest absolute Gasteiger partial charge is 0.378 e. The Bertz CT molecular complexity index is 576. The molecular weight excluding hydrogens is 266 g/mol. The second-order valence-corrected chi connectivity index (χ2v) is 5.37. The van der Waals surface area contributed by atoms with Crippen LogP contribution in [0.2, 0.25) is 0 Å². The molecule has 1 aliphatic heterocycles. The third kappa shape index (κ3) is 3.49. The van der Waals surface area contributed by atoms with Gasteiger partial charge in [-0.3, -0.25) is 0 Å². The molecule has 3 rings (SSSR count). The highest BCUT2D eigenvalue weighted by atomic mass is 16.5. The van der Waals surface area contributed by atoms with Crippen LogP contribution in [0.1, 0.15) is 24.2 Å². The molecule has 21 heavy (non-hydrogen) atoms. The van der Waals surface area contributed by atoms with Crippen LogP contribution < -0.4 is 5.32 Å². The molecule has 2 aromatic rings. The van der Waals surface area contributed by atoms with Gasteiger partial charge in [-0.1, -0.05) is 23.4 Å². The number of ether oxygens (including phenoxy) is 1. The van der Waals surface area contributed by atoms with Crippen molar-refractivity contribution in [3.63, 3.8) is 0 Å². The molecule has 1 saturated heterocycles. The minimum Gasteiger partial charge on any atom is -0.378 e. The van der Waals surface area contributed by atoms with E-state index in [4.69, 9.17) is 9.26 Å². The molecule has 1 atom stereocenters. The van der Waals surface area contributed by atoms with Crippen LogP contribution in [0.5, 0.6) is 0 Å². The number of likely N-dealkylation sites (N-methyl/N-ethyl adjacent to an activating group) is 1. The lowest BCUT2D eigenvalue weighted by molar-refractivity contribution is 0.109. The van der Waals surface area contributed by atoms with Crippen molar-refractivity contribution >= 4 is 0 Å². The summed E-state index contributed by atoms with van der Waals surface area (Å²) in [6, 6.07) is 8.19. The molecule has 0 bridgehead atoms. The predicted octanol–water partition coefficient (Wildman–Crippen LogP) is 2.22. The van der Waals surface area contributed by atoms with E-state index in [1.165, 1.54) is 5.56 Å². The van der Waals surface area contributed by atoms with Crippen molar-refractivity contribution in [2.75, 3.05) is 20.2 Å². The predicted molar refractivity (Wildman–Crippen MR) is 80.0 cm³/mol. The highest BCUT2D eigenvalue weighted by Crippen LogP contribution is 2.23. The zero-order valence-electron chi connectivity index (χ0n) is 12.3. The molecule has 0 amide bonds. The zero-order valence-corrected chi connectivity index (χ0v) is 12.3. The highest BCUT2D eigenvalue weighted by molar-refractivity contribution is 5.58. The first-order chi connectivity index (χ1) is 10.4. The lowest BCUT2D eigenvalue weighted by atomic mass is 10.0. The lowest BCUT2D eigenvalue weighted by Gasteiger charge is -2.05. The number of nitrogens with zero attached hydrogens (tertiary/aromatic N) is 2. The van der Waals surface area contributed by atoms with E-state index >= 15 is 0 Å². The topological polar surface area (TPSA) is 60.2 Å². The first-order valence-electron chi connectivity index (χ1n) is 7.54. The van der Waals surface area contributed by atoms with E-state index in [-0.39, 0.29) is 6.10 Å². The fourth-order valence-electron chi connectivity index (χ4n) is 2.66. The summed E-state index contributed by atoms with van der Waals surface area (Å²) in [4.78, 5) is 4.53. The summed E-state index contributed by atoms with van der Waals surface area (Å²) in [7, 11) is 1.95. The molecular formula is C16H21N3O2. The maximum absolute atomic E-state index is 5.62.